The number of aryl methyl sites for hydroxylation is 1. The van der Waals surface area contributed by atoms with Gasteiger partial charge in [-0.05, 0) is 77.8 Å². The summed E-state index contributed by atoms with van der Waals surface area (Å²) in [4.78, 5) is 8.88. The van der Waals surface area contributed by atoms with Crippen molar-refractivity contribution in [1.82, 2.24) is 20.3 Å². The van der Waals surface area contributed by atoms with Gasteiger partial charge in [-0.1, -0.05) is 23.7 Å². The van der Waals surface area contributed by atoms with Crippen LogP contribution in [0.1, 0.15) is 16.9 Å². The molecule has 3 heterocycles. The van der Waals surface area contributed by atoms with Crippen LogP contribution in [0.4, 0.5) is 17.3 Å². The Morgan fingerprint density at radius 1 is 0.909 bits per heavy atom. The number of rotatable bonds is 6. The molecule has 33 heavy (non-hydrogen) atoms. The highest BCUT2D eigenvalue weighted by molar-refractivity contribution is 6.30. The summed E-state index contributed by atoms with van der Waals surface area (Å²) in [6.45, 7) is 4.07. The Morgan fingerprint density at radius 2 is 1.67 bits per heavy atom. The number of fused-ring (bicyclic) bond motifs is 1. The van der Waals surface area contributed by atoms with Crippen LogP contribution in [-0.4, -0.2) is 26.5 Å². The minimum absolute atomic E-state index is 0.266. The van der Waals surface area contributed by atoms with E-state index in [1.807, 2.05) is 68.4 Å². The fourth-order valence-corrected chi connectivity index (χ4v) is 3.29. The molecule has 5 rings (SSSR count). The van der Waals surface area contributed by atoms with E-state index in [4.69, 9.17) is 20.6 Å². The van der Waals surface area contributed by atoms with E-state index in [0.717, 1.165) is 22.4 Å². The van der Waals surface area contributed by atoms with Crippen LogP contribution in [0.15, 0.2) is 68.7 Å². The molecule has 0 spiro atoms. The molecule has 5 aromatic rings. The molecular weight excluding hydrogens is 442 g/mol. The summed E-state index contributed by atoms with van der Waals surface area (Å²) in [7, 11) is 0. The number of hydrogen-bond acceptors (Lipinski definition) is 9. The fourth-order valence-electron chi connectivity index (χ4n) is 3.17. The van der Waals surface area contributed by atoms with Crippen LogP contribution in [0, 0.1) is 13.8 Å². The van der Waals surface area contributed by atoms with Gasteiger partial charge in [0.2, 0.25) is 11.3 Å². The van der Waals surface area contributed by atoms with E-state index in [1.54, 1.807) is 6.21 Å². The number of nitrogens with one attached hydrogen (secondary N) is 2. The molecule has 0 radical (unpaired) electrons. The molecule has 10 heteroatoms. The summed E-state index contributed by atoms with van der Waals surface area (Å²) >= 11 is 5.95. The number of anilines is 3. The topological polar surface area (TPSA) is 114 Å². The van der Waals surface area contributed by atoms with Crippen molar-refractivity contribution >= 4 is 46.4 Å². The summed E-state index contributed by atoms with van der Waals surface area (Å²) in [6.07, 6.45) is 1.55. The number of hydrazone groups is 1. The zero-order valence-electron chi connectivity index (χ0n) is 17.7. The lowest BCUT2D eigenvalue weighted by Gasteiger charge is -2.12. The van der Waals surface area contributed by atoms with Crippen molar-refractivity contribution in [2.24, 2.45) is 5.10 Å². The number of benzene rings is 2. The van der Waals surface area contributed by atoms with E-state index in [-0.39, 0.29) is 11.3 Å². The van der Waals surface area contributed by atoms with Crippen molar-refractivity contribution in [3.05, 3.63) is 76.5 Å². The first-order valence-corrected chi connectivity index (χ1v) is 10.4. The molecule has 0 bridgehead atoms. The van der Waals surface area contributed by atoms with Gasteiger partial charge >= 0.3 is 0 Å². The lowest BCUT2D eigenvalue weighted by molar-refractivity contribution is 0.314. The number of nitrogens with zero attached hydrogens (tertiary/aromatic N) is 5. The Kier molecular flexibility index (Phi) is 5.45. The van der Waals surface area contributed by atoms with Crippen LogP contribution in [-0.2, 0) is 0 Å². The highest BCUT2D eigenvalue weighted by Crippen LogP contribution is 2.27. The van der Waals surface area contributed by atoms with Gasteiger partial charge in [0.15, 0.2) is 11.6 Å². The van der Waals surface area contributed by atoms with E-state index < -0.39 is 0 Å². The summed E-state index contributed by atoms with van der Waals surface area (Å²) < 4.78 is 10.6. The summed E-state index contributed by atoms with van der Waals surface area (Å²) in [5.41, 5.74) is 7.51. The van der Waals surface area contributed by atoms with E-state index in [2.05, 4.69) is 36.1 Å². The highest BCUT2D eigenvalue weighted by atomic mass is 35.5. The lowest BCUT2D eigenvalue weighted by Crippen LogP contribution is -2.04. The minimum Gasteiger partial charge on any atom is -0.455 e. The number of furan rings is 1. The summed E-state index contributed by atoms with van der Waals surface area (Å²) in [6, 6.07) is 17.1. The van der Waals surface area contributed by atoms with Crippen molar-refractivity contribution < 1.29 is 9.05 Å². The quantitative estimate of drug-likeness (QED) is 0.244. The molecule has 0 aliphatic carbocycles. The molecule has 2 aromatic carbocycles. The third-order valence-electron chi connectivity index (χ3n) is 5.09. The average Bonchev–Trinajstić information content (AvgIpc) is 3.47. The van der Waals surface area contributed by atoms with Crippen LogP contribution in [0.25, 0.3) is 22.6 Å². The Morgan fingerprint density at radius 3 is 2.45 bits per heavy atom. The summed E-state index contributed by atoms with van der Waals surface area (Å²) in [5, 5.41) is 15.8. The van der Waals surface area contributed by atoms with Crippen molar-refractivity contribution in [1.29, 1.82) is 0 Å². The molecule has 0 aliphatic rings. The summed E-state index contributed by atoms with van der Waals surface area (Å²) in [5.74, 6) is 2.07. The van der Waals surface area contributed by atoms with Gasteiger partial charge in [-0.15, -0.1) is 0 Å². The first-order valence-electron chi connectivity index (χ1n) is 10.1. The standard InChI is InChI=1S/C23H18ClN7O2/c1-13-4-3-5-18(14(13)2)26-20-21(28-23-22(27-20)30-33-31-23)29-25-12-17-10-11-19(32-17)15-6-8-16(24)9-7-15/h3-12H,1-2H3,(H,26,27,30)(H,28,29,31). The monoisotopic (exact) mass is 459 g/mol. The maximum atomic E-state index is 5.95. The van der Waals surface area contributed by atoms with Gasteiger partial charge in [0.25, 0.3) is 0 Å². The second-order valence-electron chi connectivity index (χ2n) is 7.28. The van der Waals surface area contributed by atoms with Crippen LogP contribution in [0.3, 0.4) is 0 Å². The molecule has 0 saturated carbocycles. The van der Waals surface area contributed by atoms with E-state index in [9.17, 15) is 0 Å². The number of aromatic nitrogens is 4. The molecule has 0 fully saturated rings. The van der Waals surface area contributed by atoms with Gasteiger partial charge in [-0.2, -0.15) is 10.1 Å². The Bertz CT molecular complexity index is 1460. The number of hydrogen-bond donors (Lipinski definition) is 2. The molecule has 0 unspecified atom stereocenters. The molecule has 3 aromatic heterocycles. The van der Waals surface area contributed by atoms with Crippen molar-refractivity contribution in [3.63, 3.8) is 0 Å². The van der Waals surface area contributed by atoms with Gasteiger partial charge in [0.1, 0.15) is 11.5 Å². The molecule has 0 saturated heterocycles. The molecule has 0 atom stereocenters. The van der Waals surface area contributed by atoms with Crippen LogP contribution in [0.2, 0.25) is 5.02 Å². The maximum Gasteiger partial charge on any atom is 0.245 e. The second kappa shape index (κ2) is 8.71. The van der Waals surface area contributed by atoms with Gasteiger partial charge in [-0.3, -0.25) is 5.43 Å². The first kappa shape index (κ1) is 20.7. The Labute approximate surface area is 193 Å². The normalized spacial score (nSPS) is 11.4. The molecule has 0 amide bonds. The smallest absolute Gasteiger partial charge is 0.245 e. The average molecular weight is 460 g/mol. The van der Waals surface area contributed by atoms with Gasteiger partial charge in [0, 0.05) is 16.3 Å². The minimum atomic E-state index is 0.266. The fraction of sp³-hybridized carbons (Fsp3) is 0.0870. The maximum absolute atomic E-state index is 5.95. The van der Waals surface area contributed by atoms with Gasteiger partial charge < -0.3 is 9.73 Å². The van der Waals surface area contributed by atoms with Crippen molar-refractivity contribution in [2.75, 3.05) is 10.7 Å². The van der Waals surface area contributed by atoms with E-state index in [1.165, 1.54) is 0 Å². The lowest BCUT2D eigenvalue weighted by atomic mass is 10.1. The van der Waals surface area contributed by atoms with Gasteiger partial charge in [0.05, 0.1) is 6.21 Å². The van der Waals surface area contributed by atoms with E-state index in [0.29, 0.717) is 28.2 Å². The predicted octanol–water partition coefficient (Wildman–Crippen LogP) is 5.73. The molecule has 9 nitrogen and oxygen atoms in total. The third kappa shape index (κ3) is 4.39. The van der Waals surface area contributed by atoms with E-state index >= 15 is 0 Å². The van der Waals surface area contributed by atoms with Crippen molar-refractivity contribution in [3.8, 4) is 11.3 Å². The third-order valence-corrected chi connectivity index (χ3v) is 5.34. The van der Waals surface area contributed by atoms with Crippen molar-refractivity contribution in [2.45, 2.75) is 13.8 Å². The largest absolute Gasteiger partial charge is 0.455 e. The molecule has 0 aliphatic heterocycles. The molecular formula is C23H18ClN7O2. The van der Waals surface area contributed by atoms with Crippen LogP contribution >= 0.6 is 11.6 Å². The Balaban J connectivity index is 1.39. The number of halogens is 1. The first-order chi connectivity index (χ1) is 16.1. The molecule has 164 valence electrons. The second-order valence-corrected chi connectivity index (χ2v) is 7.72. The SMILES string of the molecule is Cc1cccc(Nc2nc3nonc3nc2NN=Cc2ccc(-c3ccc(Cl)cc3)o2)c1C. The van der Waals surface area contributed by atoms with Gasteiger partial charge in [-0.25, -0.2) is 9.61 Å². The zero-order chi connectivity index (χ0) is 22.8. The predicted molar refractivity (Wildman–Crippen MR) is 127 cm³/mol. The van der Waals surface area contributed by atoms with Crippen LogP contribution < -0.4 is 10.7 Å². The zero-order valence-corrected chi connectivity index (χ0v) is 18.5. The highest BCUT2D eigenvalue weighted by Gasteiger charge is 2.14. The Hall–Kier alpha value is -4.24. The molecule has 2 N–H and O–H groups in total. The van der Waals surface area contributed by atoms with Crippen LogP contribution in [0.5, 0.6) is 0 Å².